The first-order valence-corrected chi connectivity index (χ1v) is 10.0. The summed E-state index contributed by atoms with van der Waals surface area (Å²) in [5.74, 6) is 0.341. The molecule has 2 aliphatic heterocycles. The maximum absolute atomic E-state index is 12.5. The molecule has 2 fully saturated rings. The lowest BCUT2D eigenvalue weighted by atomic mass is 9.99. The van der Waals surface area contributed by atoms with Crippen molar-refractivity contribution in [2.24, 2.45) is 5.92 Å². The van der Waals surface area contributed by atoms with Gasteiger partial charge in [0.1, 0.15) is 15.9 Å². The van der Waals surface area contributed by atoms with Crippen LogP contribution in [0.3, 0.4) is 0 Å². The topological polar surface area (TPSA) is 94.6 Å². The van der Waals surface area contributed by atoms with E-state index in [2.05, 4.69) is 10.3 Å². The van der Waals surface area contributed by atoms with Crippen molar-refractivity contribution >= 4 is 15.7 Å². The summed E-state index contributed by atoms with van der Waals surface area (Å²) < 4.78 is 34.3. The molecule has 2 saturated heterocycles. The molecule has 24 heavy (non-hydrogen) atoms. The van der Waals surface area contributed by atoms with E-state index in [4.69, 9.17) is 9.47 Å². The van der Waals surface area contributed by atoms with Crippen LogP contribution in [0, 0.1) is 5.92 Å². The van der Waals surface area contributed by atoms with Crippen molar-refractivity contribution in [2.75, 3.05) is 24.7 Å². The Morgan fingerprint density at radius 1 is 1.25 bits per heavy atom. The molecule has 0 aromatic carbocycles. The number of hydrogen-bond donors (Lipinski definition) is 1. The summed E-state index contributed by atoms with van der Waals surface area (Å²) >= 11 is 0. The Labute approximate surface area is 141 Å². The highest BCUT2D eigenvalue weighted by atomic mass is 32.2. The number of pyridine rings is 1. The van der Waals surface area contributed by atoms with Crippen LogP contribution in [0.25, 0.3) is 0 Å². The van der Waals surface area contributed by atoms with E-state index in [1.54, 1.807) is 18.3 Å². The van der Waals surface area contributed by atoms with Gasteiger partial charge in [0.05, 0.1) is 24.2 Å². The number of rotatable bonds is 4. The molecule has 0 radical (unpaired) electrons. The van der Waals surface area contributed by atoms with Gasteiger partial charge in [0.15, 0.2) is 0 Å². The molecule has 1 aromatic rings. The second kappa shape index (κ2) is 7.48. The standard InChI is InChI=1S/C16H22N2O5S/c19-16(12-5-9-24(20,21)10-6-12)18-13-4-8-22-11-14(13)23-15-3-1-2-7-17-15/h1-3,7,12-14H,4-6,8-11H2,(H,18,19). The molecule has 132 valence electrons. The summed E-state index contributed by atoms with van der Waals surface area (Å²) in [5, 5.41) is 3.02. The van der Waals surface area contributed by atoms with E-state index < -0.39 is 9.84 Å². The molecule has 3 heterocycles. The Kier molecular flexibility index (Phi) is 5.35. The minimum absolute atomic E-state index is 0.0900. The van der Waals surface area contributed by atoms with Crippen LogP contribution >= 0.6 is 0 Å². The molecule has 7 nitrogen and oxygen atoms in total. The summed E-state index contributed by atoms with van der Waals surface area (Å²) in [4.78, 5) is 16.6. The average Bonchev–Trinajstić information content (AvgIpc) is 2.57. The molecule has 0 saturated carbocycles. The van der Waals surface area contributed by atoms with Crippen molar-refractivity contribution in [1.29, 1.82) is 0 Å². The number of hydrogen-bond acceptors (Lipinski definition) is 6. The molecule has 0 bridgehead atoms. The van der Waals surface area contributed by atoms with Gasteiger partial charge in [-0.05, 0) is 25.3 Å². The number of nitrogens with one attached hydrogen (secondary N) is 1. The van der Waals surface area contributed by atoms with E-state index in [1.807, 2.05) is 6.07 Å². The zero-order chi connectivity index (χ0) is 17.0. The third kappa shape index (κ3) is 4.45. The van der Waals surface area contributed by atoms with Gasteiger partial charge in [0.2, 0.25) is 11.8 Å². The van der Waals surface area contributed by atoms with Gasteiger partial charge in [-0.2, -0.15) is 0 Å². The molecular formula is C16H22N2O5S. The van der Waals surface area contributed by atoms with Crippen LogP contribution in [-0.2, 0) is 19.4 Å². The quantitative estimate of drug-likeness (QED) is 0.849. The van der Waals surface area contributed by atoms with E-state index in [0.29, 0.717) is 38.4 Å². The van der Waals surface area contributed by atoms with Gasteiger partial charge in [0.25, 0.3) is 0 Å². The minimum Gasteiger partial charge on any atom is -0.470 e. The van der Waals surface area contributed by atoms with E-state index in [1.165, 1.54) is 0 Å². The lowest BCUT2D eigenvalue weighted by Crippen LogP contribution is -2.53. The van der Waals surface area contributed by atoms with E-state index in [-0.39, 0.29) is 35.5 Å². The molecule has 1 N–H and O–H groups in total. The van der Waals surface area contributed by atoms with Gasteiger partial charge in [-0.25, -0.2) is 13.4 Å². The van der Waals surface area contributed by atoms with Crippen LogP contribution in [0.2, 0.25) is 0 Å². The van der Waals surface area contributed by atoms with Crippen LogP contribution < -0.4 is 10.1 Å². The van der Waals surface area contributed by atoms with E-state index >= 15 is 0 Å². The first-order valence-electron chi connectivity index (χ1n) is 8.20. The Bertz CT molecular complexity index is 650. The number of carbonyl (C=O) groups is 1. The first-order chi connectivity index (χ1) is 11.5. The third-order valence-corrected chi connectivity index (χ3v) is 6.18. The Balaban J connectivity index is 1.58. The number of aromatic nitrogens is 1. The molecule has 8 heteroatoms. The molecule has 2 unspecified atom stereocenters. The smallest absolute Gasteiger partial charge is 0.223 e. The zero-order valence-electron chi connectivity index (χ0n) is 13.4. The summed E-state index contributed by atoms with van der Waals surface area (Å²) in [6.45, 7) is 0.951. The van der Waals surface area contributed by atoms with Crippen LogP contribution in [-0.4, -0.2) is 56.2 Å². The van der Waals surface area contributed by atoms with Crippen molar-refractivity contribution in [3.8, 4) is 5.88 Å². The fourth-order valence-electron chi connectivity index (χ4n) is 3.02. The number of nitrogens with zero attached hydrogens (tertiary/aromatic N) is 1. The Hall–Kier alpha value is -1.67. The highest BCUT2D eigenvalue weighted by molar-refractivity contribution is 7.91. The van der Waals surface area contributed by atoms with Gasteiger partial charge in [-0.3, -0.25) is 4.79 Å². The molecular weight excluding hydrogens is 332 g/mol. The Morgan fingerprint density at radius 2 is 2.04 bits per heavy atom. The van der Waals surface area contributed by atoms with Crippen molar-refractivity contribution in [3.63, 3.8) is 0 Å². The number of sulfone groups is 1. The lowest BCUT2D eigenvalue weighted by Gasteiger charge is -2.33. The number of carbonyl (C=O) groups excluding carboxylic acids is 1. The molecule has 1 amide bonds. The fraction of sp³-hybridized carbons (Fsp3) is 0.625. The minimum atomic E-state index is -2.97. The molecule has 0 spiro atoms. The van der Waals surface area contributed by atoms with Gasteiger partial charge in [0, 0.05) is 24.8 Å². The normalized spacial score (nSPS) is 27.3. The second-order valence-electron chi connectivity index (χ2n) is 6.23. The third-order valence-electron chi connectivity index (χ3n) is 4.47. The summed E-state index contributed by atoms with van der Waals surface area (Å²) in [6, 6.07) is 5.24. The van der Waals surface area contributed by atoms with Crippen LogP contribution in [0.5, 0.6) is 5.88 Å². The lowest BCUT2D eigenvalue weighted by molar-refractivity contribution is -0.128. The molecule has 0 aliphatic carbocycles. The highest BCUT2D eigenvalue weighted by Crippen LogP contribution is 2.21. The molecule has 2 aliphatic rings. The van der Waals surface area contributed by atoms with Gasteiger partial charge in [-0.1, -0.05) is 6.07 Å². The zero-order valence-corrected chi connectivity index (χ0v) is 14.2. The van der Waals surface area contributed by atoms with Crippen molar-refractivity contribution < 1.29 is 22.7 Å². The van der Waals surface area contributed by atoms with Crippen LogP contribution in [0.4, 0.5) is 0 Å². The van der Waals surface area contributed by atoms with Crippen LogP contribution in [0.15, 0.2) is 24.4 Å². The summed E-state index contributed by atoms with van der Waals surface area (Å²) in [6.07, 6.45) is 2.79. The van der Waals surface area contributed by atoms with Gasteiger partial charge >= 0.3 is 0 Å². The maximum atomic E-state index is 12.5. The molecule has 3 rings (SSSR count). The highest BCUT2D eigenvalue weighted by Gasteiger charge is 2.33. The SMILES string of the molecule is O=C(NC1CCOCC1Oc1ccccn1)C1CCS(=O)(=O)CC1. The maximum Gasteiger partial charge on any atom is 0.223 e. The monoisotopic (exact) mass is 354 g/mol. The summed E-state index contributed by atoms with van der Waals surface area (Å²) in [7, 11) is -2.97. The second-order valence-corrected chi connectivity index (χ2v) is 8.53. The van der Waals surface area contributed by atoms with Crippen LogP contribution in [0.1, 0.15) is 19.3 Å². The number of amides is 1. The van der Waals surface area contributed by atoms with Crippen molar-refractivity contribution in [1.82, 2.24) is 10.3 Å². The molecule has 1 aromatic heterocycles. The molecule has 2 atom stereocenters. The largest absolute Gasteiger partial charge is 0.470 e. The van der Waals surface area contributed by atoms with E-state index in [0.717, 1.165) is 0 Å². The predicted octanol–water partition coefficient (Wildman–Crippen LogP) is 0.559. The summed E-state index contributed by atoms with van der Waals surface area (Å²) in [5.41, 5.74) is 0. The van der Waals surface area contributed by atoms with Gasteiger partial charge < -0.3 is 14.8 Å². The fourth-order valence-corrected chi connectivity index (χ4v) is 4.51. The first kappa shape index (κ1) is 17.2. The van der Waals surface area contributed by atoms with Crippen molar-refractivity contribution in [2.45, 2.75) is 31.4 Å². The number of ether oxygens (including phenoxy) is 2. The van der Waals surface area contributed by atoms with Crippen molar-refractivity contribution in [3.05, 3.63) is 24.4 Å². The Morgan fingerprint density at radius 3 is 2.75 bits per heavy atom. The van der Waals surface area contributed by atoms with E-state index in [9.17, 15) is 13.2 Å². The predicted molar refractivity (Wildman–Crippen MR) is 87.4 cm³/mol. The van der Waals surface area contributed by atoms with Gasteiger partial charge in [-0.15, -0.1) is 0 Å². The average molecular weight is 354 g/mol.